The van der Waals surface area contributed by atoms with E-state index in [-0.39, 0.29) is 36.0 Å². The van der Waals surface area contributed by atoms with E-state index >= 15 is 0 Å². The van der Waals surface area contributed by atoms with Gasteiger partial charge in [0.05, 0.1) is 0 Å². The van der Waals surface area contributed by atoms with Crippen LogP contribution in [0, 0.1) is 0 Å². The van der Waals surface area contributed by atoms with Crippen molar-refractivity contribution >= 4 is 11.8 Å². The van der Waals surface area contributed by atoms with Gasteiger partial charge in [-0.2, -0.15) is 0 Å². The average molecular weight is 282 g/mol. The number of hydrogen-bond donors (Lipinski definition) is 2. The summed E-state index contributed by atoms with van der Waals surface area (Å²) in [6.45, 7) is 1.81. The minimum atomic E-state index is -1.58. The molecule has 1 aliphatic heterocycles. The molecule has 1 saturated heterocycles. The Bertz CT molecular complexity index is 498. The third-order valence-electron chi connectivity index (χ3n) is 3.23. The molecular formula is C14H15N2NaO3. The van der Waals surface area contributed by atoms with Crippen molar-refractivity contribution < 1.29 is 44.3 Å². The first-order valence-electron chi connectivity index (χ1n) is 6.05. The summed E-state index contributed by atoms with van der Waals surface area (Å²) in [5.41, 5.74) is -0.788. The molecule has 1 aromatic rings. The molecule has 100 valence electrons. The molecule has 1 aromatic carbocycles. The zero-order valence-electron chi connectivity index (χ0n) is 11.6. The maximum Gasteiger partial charge on any atom is 1.00 e. The van der Waals surface area contributed by atoms with Gasteiger partial charge in [-0.05, 0) is 18.9 Å². The smallest absolute Gasteiger partial charge is 0.820 e. The molecule has 2 N–H and O–H groups in total. The SMILES string of the molecule is C/C=C/CC1(c2ccccc2)C(=O)NC([O-])NC1=O.[Na+]. The summed E-state index contributed by atoms with van der Waals surface area (Å²) in [6, 6.07) is 8.76. The van der Waals surface area contributed by atoms with Crippen LogP contribution in [0.1, 0.15) is 18.9 Å². The van der Waals surface area contributed by atoms with Crippen LogP contribution in [0.5, 0.6) is 0 Å². The minimum absolute atomic E-state index is 0. The Kier molecular flexibility index (Phi) is 5.95. The fourth-order valence-electron chi connectivity index (χ4n) is 2.21. The molecule has 6 heteroatoms. The Morgan fingerprint density at radius 3 is 2.25 bits per heavy atom. The molecule has 0 radical (unpaired) electrons. The summed E-state index contributed by atoms with van der Waals surface area (Å²) in [6.07, 6.45) is 2.16. The van der Waals surface area contributed by atoms with E-state index in [2.05, 4.69) is 10.6 Å². The topological polar surface area (TPSA) is 81.3 Å². The molecule has 0 spiro atoms. The molecule has 1 aliphatic rings. The molecule has 1 heterocycles. The second-order valence-corrected chi connectivity index (χ2v) is 4.37. The van der Waals surface area contributed by atoms with Crippen LogP contribution in [-0.4, -0.2) is 18.2 Å². The van der Waals surface area contributed by atoms with E-state index in [0.717, 1.165) is 0 Å². The Labute approximate surface area is 139 Å². The first-order chi connectivity index (χ1) is 9.11. The summed E-state index contributed by atoms with van der Waals surface area (Å²) in [5, 5.41) is 15.8. The van der Waals surface area contributed by atoms with Crippen molar-refractivity contribution in [1.29, 1.82) is 0 Å². The van der Waals surface area contributed by atoms with E-state index in [1.807, 2.05) is 13.0 Å². The third kappa shape index (κ3) is 2.96. The van der Waals surface area contributed by atoms with Gasteiger partial charge < -0.3 is 15.7 Å². The fraction of sp³-hybridized carbons (Fsp3) is 0.286. The largest absolute Gasteiger partial charge is 1.00 e. The standard InChI is InChI=1S/C14H15N2O3.Na/c1-2-3-9-14(10-7-5-4-6-8-10)11(17)15-13(19)16-12(14)18;/h2-8,13H,9H2,1H3,(H,15,17)(H,16,18);/q-1;+1/b3-2+;. The summed E-state index contributed by atoms with van der Waals surface area (Å²) < 4.78 is 0. The quantitative estimate of drug-likeness (QED) is 0.348. The molecule has 5 nitrogen and oxygen atoms in total. The van der Waals surface area contributed by atoms with Gasteiger partial charge in [-0.15, -0.1) is 0 Å². The number of amides is 2. The Balaban J connectivity index is 0.00000200. The molecule has 0 atom stereocenters. The second kappa shape index (κ2) is 7.04. The molecule has 0 bridgehead atoms. The Hall–Kier alpha value is -1.14. The minimum Gasteiger partial charge on any atom is -0.820 e. The summed E-state index contributed by atoms with van der Waals surface area (Å²) in [4.78, 5) is 24.5. The monoisotopic (exact) mass is 282 g/mol. The van der Waals surface area contributed by atoms with Gasteiger partial charge in [-0.3, -0.25) is 9.59 Å². The van der Waals surface area contributed by atoms with Gasteiger partial charge in [0.2, 0.25) is 11.8 Å². The van der Waals surface area contributed by atoms with E-state index in [1.165, 1.54) is 0 Å². The maximum atomic E-state index is 12.2. The number of carbonyl (C=O) groups is 2. The normalized spacial score (nSPS) is 25.8. The van der Waals surface area contributed by atoms with Crippen LogP contribution in [0.2, 0.25) is 0 Å². The zero-order valence-corrected chi connectivity index (χ0v) is 13.6. The first-order valence-corrected chi connectivity index (χ1v) is 6.05. The fourth-order valence-corrected chi connectivity index (χ4v) is 2.21. The second-order valence-electron chi connectivity index (χ2n) is 4.37. The molecule has 20 heavy (non-hydrogen) atoms. The average Bonchev–Trinajstić information content (AvgIpc) is 2.39. The van der Waals surface area contributed by atoms with Gasteiger partial charge in [0.1, 0.15) is 0 Å². The van der Waals surface area contributed by atoms with Gasteiger partial charge in [0.15, 0.2) is 5.41 Å². The zero-order chi connectivity index (χ0) is 13.9. The van der Waals surface area contributed by atoms with Gasteiger partial charge in [-0.25, -0.2) is 0 Å². The van der Waals surface area contributed by atoms with Gasteiger partial charge >= 0.3 is 29.6 Å². The van der Waals surface area contributed by atoms with Crippen LogP contribution >= 0.6 is 0 Å². The van der Waals surface area contributed by atoms with Crippen molar-refractivity contribution in [1.82, 2.24) is 10.6 Å². The van der Waals surface area contributed by atoms with Crippen LogP contribution < -0.4 is 45.3 Å². The van der Waals surface area contributed by atoms with Crippen molar-refractivity contribution in [3.63, 3.8) is 0 Å². The van der Waals surface area contributed by atoms with Crippen molar-refractivity contribution in [2.24, 2.45) is 0 Å². The molecule has 1 fully saturated rings. The van der Waals surface area contributed by atoms with Crippen LogP contribution in [0.25, 0.3) is 0 Å². The van der Waals surface area contributed by atoms with Crippen LogP contribution in [0.3, 0.4) is 0 Å². The molecular weight excluding hydrogens is 267 g/mol. The summed E-state index contributed by atoms with van der Waals surface area (Å²) in [5.74, 6) is -1.11. The van der Waals surface area contributed by atoms with Crippen molar-refractivity contribution in [2.45, 2.75) is 25.1 Å². The Morgan fingerprint density at radius 2 is 1.75 bits per heavy atom. The van der Waals surface area contributed by atoms with Crippen LogP contribution in [-0.2, 0) is 15.0 Å². The van der Waals surface area contributed by atoms with E-state index < -0.39 is 23.6 Å². The van der Waals surface area contributed by atoms with Crippen LogP contribution in [0.4, 0.5) is 0 Å². The molecule has 2 rings (SSSR count). The van der Waals surface area contributed by atoms with E-state index in [0.29, 0.717) is 5.56 Å². The van der Waals surface area contributed by atoms with Gasteiger partial charge in [0.25, 0.3) is 0 Å². The van der Waals surface area contributed by atoms with Crippen molar-refractivity contribution in [2.75, 3.05) is 0 Å². The van der Waals surface area contributed by atoms with Crippen molar-refractivity contribution in [3.8, 4) is 0 Å². The third-order valence-corrected chi connectivity index (χ3v) is 3.23. The number of nitrogens with one attached hydrogen (secondary N) is 2. The van der Waals surface area contributed by atoms with Gasteiger partial charge in [0, 0.05) is 6.35 Å². The molecule has 0 aliphatic carbocycles. The molecule has 0 unspecified atom stereocenters. The van der Waals surface area contributed by atoms with Crippen LogP contribution in [0.15, 0.2) is 42.5 Å². The number of rotatable bonds is 3. The predicted molar refractivity (Wildman–Crippen MR) is 67.6 cm³/mol. The van der Waals surface area contributed by atoms with E-state index in [4.69, 9.17) is 0 Å². The number of hydrogen-bond acceptors (Lipinski definition) is 3. The maximum absolute atomic E-state index is 12.2. The summed E-state index contributed by atoms with van der Waals surface area (Å²) in [7, 11) is 0. The number of carbonyl (C=O) groups excluding carboxylic acids is 2. The molecule has 2 amide bonds. The first kappa shape index (κ1) is 16.9. The summed E-state index contributed by atoms with van der Waals surface area (Å²) >= 11 is 0. The molecule has 0 aromatic heterocycles. The van der Waals surface area contributed by atoms with Gasteiger partial charge in [-0.1, -0.05) is 42.5 Å². The van der Waals surface area contributed by atoms with E-state index in [1.54, 1.807) is 36.4 Å². The number of allylic oxidation sites excluding steroid dienone is 2. The van der Waals surface area contributed by atoms with Crippen molar-refractivity contribution in [3.05, 3.63) is 48.0 Å². The molecule has 0 saturated carbocycles. The Morgan fingerprint density at radius 1 is 1.20 bits per heavy atom. The number of benzene rings is 1. The predicted octanol–water partition coefficient (Wildman–Crippen LogP) is -3.22. The van der Waals surface area contributed by atoms with E-state index in [9.17, 15) is 14.7 Å².